The Hall–Kier alpha value is -1.97. The van der Waals surface area contributed by atoms with E-state index in [1.807, 2.05) is 69.3 Å². The van der Waals surface area contributed by atoms with E-state index in [4.69, 9.17) is 23.2 Å². The first-order chi connectivity index (χ1) is 12.2. The van der Waals surface area contributed by atoms with Gasteiger partial charge >= 0.3 is 6.09 Å². The molecule has 0 spiro atoms. The molecular weight excluding hydrogens is 369 g/mol. The Kier molecular flexibility index (Phi) is 6.74. The summed E-state index contributed by atoms with van der Waals surface area (Å²) in [4.78, 5) is 13.4. The van der Waals surface area contributed by atoms with E-state index in [1.54, 1.807) is 12.1 Å². The summed E-state index contributed by atoms with van der Waals surface area (Å²) in [7, 11) is 0. The average molecular weight is 392 g/mol. The minimum atomic E-state index is -0.936. The molecule has 0 saturated heterocycles. The first-order valence-corrected chi connectivity index (χ1v) is 9.14. The predicted octanol–water partition coefficient (Wildman–Crippen LogP) is 6.92. The van der Waals surface area contributed by atoms with Crippen molar-refractivity contribution in [2.45, 2.75) is 38.8 Å². The topological polar surface area (TPSA) is 40.5 Å². The van der Waals surface area contributed by atoms with Gasteiger partial charge in [-0.25, -0.2) is 4.79 Å². The van der Waals surface area contributed by atoms with Gasteiger partial charge in [-0.3, -0.25) is 4.90 Å². The third kappa shape index (κ3) is 5.26. The Morgan fingerprint density at radius 1 is 1.12 bits per heavy atom. The van der Waals surface area contributed by atoms with Gasteiger partial charge in [-0.2, -0.15) is 0 Å². The van der Waals surface area contributed by atoms with Crippen LogP contribution in [0.25, 0.3) is 6.08 Å². The number of benzene rings is 2. The third-order valence-electron chi connectivity index (χ3n) is 4.04. The summed E-state index contributed by atoms with van der Waals surface area (Å²) in [6.07, 6.45) is 3.52. The summed E-state index contributed by atoms with van der Waals surface area (Å²) in [6, 6.07) is 14.8. The molecule has 0 saturated carbocycles. The highest BCUT2D eigenvalue weighted by Crippen LogP contribution is 2.32. The lowest BCUT2D eigenvalue weighted by atomic mass is 9.95. The summed E-state index contributed by atoms with van der Waals surface area (Å²) >= 11 is 12.0. The second-order valence-electron chi connectivity index (χ2n) is 7.06. The minimum Gasteiger partial charge on any atom is -0.465 e. The van der Waals surface area contributed by atoms with Crippen LogP contribution in [0.2, 0.25) is 10.0 Å². The maximum atomic E-state index is 11.9. The summed E-state index contributed by atoms with van der Waals surface area (Å²) < 4.78 is 0. The molecule has 1 amide bonds. The van der Waals surface area contributed by atoms with E-state index in [-0.39, 0.29) is 6.04 Å². The molecule has 5 heteroatoms. The molecule has 0 aliphatic rings. The number of rotatable bonds is 5. The van der Waals surface area contributed by atoms with Crippen LogP contribution >= 0.6 is 23.2 Å². The monoisotopic (exact) mass is 391 g/mol. The summed E-state index contributed by atoms with van der Waals surface area (Å²) in [5.74, 6) is 0. The molecule has 0 bridgehead atoms. The van der Waals surface area contributed by atoms with Crippen LogP contribution in [0.1, 0.15) is 44.4 Å². The van der Waals surface area contributed by atoms with Gasteiger partial charge < -0.3 is 5.11 Å². The van der Waals surface area contributed by atoms with E-state index in [9.17, 15) is 9.90 Å². The zero-order valence-electron chi connectivity index (χ0n) is 15.1. The second kappa shape index (κ2) is 8.61. The van der Waals surface area contributed by atoms with Crippen molar-refractivity contribution >= 4 is 35.4 Å². The van der Waals surface area contributed by atoms with Crippen molar-refractivity contribution in [3.63, 3.8) is 0 Å². The lowest BCUT2D eigenvalue weighted by Crippen LogP contribution is -2.47. The zero-order chi connectivity index (χ0) is 19.3. The molecule has 1 atom stereocenters. The number of carbonyl (C=O) groups is 1. The summed E-state index contributed by atoms with van der Waals surface area (Å²) in [5.41, 5.74) is 1.36. The Labute approximate surface area is 164 Å². The second-order valence-corrected chi connectivity index (χ2v) is 7.88. The quantitative estimate of drug-likeness (QED) is 0.600. The molecular formula is C21H23Cl2NO2. The van der Waals surface area contributed by atoms with Crippen LogP contribution in [0.4, 0.5) is 4.79 Å². The van der Waals surface area contributed by atoms with Crippen LogP contribution in [0.15, 0.2) is 54.6 Å². The minimum absolute atomic E-state index is 0.285. The van der Waals surface area contributed by atoms with Gasteiger partial charge in [-0.05, 0) is 50.5 Å². The van der Waals surface area contributed by atoms with E-state index in [2.05, 4.69) is 0 Å². The number of hydrogen-bond donors (Lipinski definition) is 1. The highest BCUT2D eigenvalue weighted by molar-refractivity contribution is 6.42. The number of hydrogen-bond acceptors (Lipinski definition) is 1. The number of amides is 1. The largest absolute Gasteiger partial charge is 0.465 e. The molecule has 0 radical (unpaired) electrons. The van der Waals surface area contributed by atoms with Crippen molar-refractivity contribution in [1.82, 2.24) is 4.90 Å². The summed E-state index contributed by atoms with van der Waals surface area (Å²) in [5, 5.41) is 10.8. The number of nitrogens with zero attached hydrogens (tertiary/aromatic N) is 1. The molecule has 0 unspecified atom stereocenters. The molecule has 2 rings (SSSR count). The molecule has 2 aromatic carbocycles. The Morgan fingerprint density at radius 3 is 2.31 bits per heavy atom. The SMILES string of the molecule is CC(C)(C)N(C(=O)O)[C@@H](CC=Cc1ccc(Cl)c(Cl)c1)c1ccccc1. The van der Waals surface area contributed by atoms with Gasteiger partial charge in [0, 0.05) is 5.54 Å². The first kappa shape index (κ1) is 20.3. The highest BCUT2D eigenvalue weighted by Gasteiger charge is 2.33. The van der Waals surface area contributed by atoms with E-state index in [0.717, 1.165) is 11.1 Å². The Morgan fingerprint density at radius 2 is 1.77 bits per heavy atom. The molecule has 1 N–H and O–H groups in total. The van der Waals surface area contributed by atoms with Crippen LogP contribution in [0.5, 0.6) is 0 Å². The lowest BCUT2D eigenvalue weighted by Gasteiger charge is -2.39. The molecule has 0 heterocycles. The maximum Gasteiger partial charge on any atom is 0.408 e. The van der Waals surface area contributed by atoms with Crippen molar-refractivity contribution in [2.75, 3.05) is 0 Å². The molecule has 0 aromatic heterocycles. The van der Waals surface area contributed by atoms with Crippen molar-refractivity contribution in [1.29, 1.82) is 0 Å². The smallest absolute Gasteiger partial charge is 0.408 e. The van der Waals surface area contributed by atoms with Gasteiger partial charge in [0.05, 0.1) is 16.1 Å². The maximum absolute atomic E-state index is 11.9. The number of halogens is 2. The van der Waals surface area contributed by atoms with E-state index in [0.29, 0.717) is 16.5 Å². The van der Waals surface area contributed by atoms with E-state index >= 15 is 0 Å². The lowest BCUT2D eigenvalue weighted by molar-refractivity contribution is 0.0705. The van der Waals surface area contributed by atoms with Crippen molar-refractivity contribution in [2.24, 2.45) is 0 Å². The standard InChI is InChI=1S/C21H23Cl2NO2/c1-21(2,3)24(20(25)26)19(16-9-5-4-6-10-16)11-7-8-15-12-13-17(22)18(23)14-15/h4-10,12-14,19H,11H2,1-3H3,(H,25,26)/t19-/m0/s1. The van der Waals surface area contributed by atoms with Gasteiger partial charge in [0.25, 0.3) is 0 Å². The van der Waals surface area contributed by atoms with E-state index < -0.39 is 11.6 Å². The van der Waals surface area contributed by atoms with Crippen LogP contribution in [0, 0.1) is 0 Å². The molecule has 0 fully saturated rings. The zero-order valence-corrected chi connectivity index (χ0v) is 16.6. The molecule has 138 valence electrons. The van der Waals surface area contributed by atoms with Crippen LogP contribution in [-0.2, 0) is 0 Å². The molecule has 0 aliphatic heterocycles. The number of carboxylic acid groups (broad SMARTS) is 1. The highest BCUT2D eigenvalue weighted by atomic mass is 35.5. The fraction of sp³-hybridized carbons (Fsp3) is 0.286. The van der Waals surface area contributed by atoms with Gasteiger partial charge in [-0.1, -0.05) is 71.8 Å². The average Bonchev–Trinajstić information content (AvgIpc) is 2.56. The molecule has 26 heavy (non-hydrogen) atoms. The first-order valence-electron chi connectivity index (χ1n) is 8.39. The third-order valence-corrected chi connectivity index (χ3v) is 4.78. The van der Waals surface area contributed by atoms with Crippen molar-refractivity contribution in [3.8, 4) is 0 Å². The van der Waals surface area contributed by atoms with Crippen molar-refractivity contribution < 1.29 is 9.90 Å². The normalized spacial score (nSPS) is 13.0. The fourth-order valence-corrected chi connectivity index (χ4v) is 3.21. The van der Waals surface area contributed by atoms with Crippen LogP contribution < -0.4 is 0 Å². The predicted molar refractivity (Wildman–Crippen MR) is 109 cm³/mol. The Bertz CT molecular complexity index is 782. The van der Waals surface area contributed by atoms with Crippen molar-refractivity contribution in [3.05, 3.63) is 75.8 Å². The van der Waals surface area contributed by atoms with Gasteiger partial charge in [0.2, 0.25) is 0 Å². The van der Waals surface area contributed by atoms with Gasteiger partial charge in [-0.15, -0.1) is 0 Å². The molecule has 3 nitrogen and oxygen atoms in total. The molecule has 0 aliphatic carbocycles. The van der Waals surface area contributed by atoms with Crippen LogP contribution in [-0.4, -0.2) is 21.6 Å². The van der Waals surface area contributed by atoms with Crippen LogP contribution in [0.3, 0.4) is 0 Å². The summed E-state index contributed by atoms with van der Waals surface area (Å²) in [6.45, 7) is 5.71. The molecule has 2 aromatic rings. The van der Waals surface area contributed by atoms with Gasteiger partial charge in [0.15, 0.2) is 0 Å². The van der Waals surface area contributed by atoms with Gasteiger partial charge in [0.1, 0.15) is 0 Å². The fourth-order valence-electron chi connectivity index (χ4n) is 2.90. The Balaban J connectivity index is 2.31. The van der Waals surface area contributed by atoms with E-state index in [1.165, 1.54) is 4.90 Å².